The van der Waals surface area contributed by atoms with Crippen LogP contribution in [0.4, 0.5) is 0 Å². The third-order valence-corrected chi connectivity index (χ3v) is 4.83. The number of rotatable bonds is 6. The van der Waals surface area contributed by atoms with E-state index in [4.69, 9.17) is 0 Å². The molecule has 0 saturated carbocycles. The number of hydrogen-bond donors (Lipinski definition) is 2. The molecule has 1 rings (SSSR count). The molecule has 2 N–H and O–H groups in total. The highest BCUT2D eigenvalue weighted by Crippen LogP contribution is 2.21. The maximum absolute atomic E-state index is 12.1. The molecule has 0 aromatic heterocycles. The first kappa shape index (κ1) is 16.8. The van der Waals surface area contributed by atoms with Gasteiger partial charge < -0.3 is 15.5 Å². The largest absolute Gasteiger partial charge is 0.353 e. The lowest BCUT2D eigenvalue weighted by Gasteiger charge is -2.35. The predicted molar refractivity (Wildman–Crippen MR) is 83.7 cm³/mol. The van der Waals surface area contributed by atoms with E-state index in [2.05, 4.69) is 50.4 Å². The molecule has 1 aliphatic rings. The van der Waals surface area contributed by atoms with E-state index in [1.54, 1.807) is 0 Å². The fraction of sp³-hybridized carbons (Fsp3) is 0.929. The standard InChI is InChI=1S/C14H29N3OS/c1-11(14(2,3)10-17(4)5)16-13(18)8-12-9-19-7-6-15-12/h11-12,15H,6-10H2,1-5H3,(H,16,18). The molecule has 1 fully saturated rings. The summed E-state index contributed by atoms with van der Waals surface area (Å²) in [6, 6.07) is 0.515. The van der Waals surface area contributed by atoms with Gasteiger partial charge in [0.25, 0.3) is 0 Å². The van der Waals surface area contributed by atoms with Crippen LogP contribution in [0, 0.1) is 5.41 Å². The number of thioether (sulfide) groups is 1. The van der Waals surface area contributed by atoms with Crippen molar-refractivity contribution in [3.05, 3.63) is 0 Å². The van der Waals surface area contributed by atoms with E-state index < -0.39 is 0 Å². The second-order valence-corrected chi connectivity index (χ2v) is 7.60. The minimum atomic E-state index is 0.0773. The molecule has 2 atom stereocenters. The molecule has 5 heteroatoms. The van der Waals surface area contributed by atoms with Gasteiger partial charge in [0.15, 0.2) is 0 Å². The highest BCUT2D eigenvalue weighted by atomic mass is 32.2. The number of carbonyl (C=O) groups is 1. The van der Waals surface area contributed by atoms with Crippen LogP contribution in [-0.2, 0) is 4.79 Å². The van der Waals surface area contributed by atoms with Gasteiger partial charge in [-0.05, 0) is 26.4 Å². The van der Waals surface area contributed by atoms with Crippen molar-refractivity contribution in [2.24, 2.45) is 5.41 Å². The number of nitrogens with zero attached hydrogens (tertiary/aromatic N) is 1. The number of carbonyl (C=O) groups excluding carboxylic acids is 1. The summed E-state index contributed by atoms with van der Waals surface area (Å²) in [7, 11) is 4.14. The fourth-order valence-electron chi connectivity index (χ4n) is 2.42. The van der Waals surface area contributed by atoms with E-state index in [1.165, 1.54) is 0 Å². The van der Waals surface area contributed by atoms with Gasteiger partial charge in [0.05, 0.1) is 0 Å². The van der Waals surface area contributed by atoms with Crippen LogP contribution in [0.1, 0.15) is 27.2 Å². The third-order valence-electron chi connectivity index (χ3n) is 3.70. The Kier molecular flexibility index (Phi) is 6.63. The summed E-state index contributed by atoms with van der Waals surface area (Å²) in [4.78, 5) is 14.2. The van der Waals surface area contributed by atoms with E-state index in [1.807, 2.05) is 11.8 Å². The summed E-state index contributed by atoms with van der Waals surface area (Å²) >= 11 is 1.93. The Labute approximate surface area is 122 Å². The molecule has 1 saturated heterocycles. The molecule has 4 nitrogen and oxygen atoms in total. The highest BCUT2D eigenvalue weighted by Gasteiger charge is 2.28. The predicted octanol–water partition coefficient (Wildman–Crippen LogP) is 1.17. The second-order valence-electron chi connectivity index (χ2n) is 6.45. The van der Waals surface area contributed by atoms with Crippen LogP contribution < -0.4 is 10.6 Å². The molecule has 0 aromatic rings. The zero-order valence-electron chi connectivity index (χ0n) is 13.0. The molecule has 19 heavy (non-hydrogen) atoms. The van der Waals surface area contributed by atoms with Gasteiger partial charge in [-0.15, -0.1) is 0 Å². The number of hydrogen-bond acceptors (Lipinski definition) is 4. The van der Waals surface area contributed by atoms with E-state index in [0.29, 0.717) is 12.5 Å². The summed E-state index contributed by atoms with van der Waals surface area (Å²) in [6.45, 7) is 8.49. The Bertz CT molecular complexity index is 288. The van der Waals surface area contributed by atoms with Crippen molar-refractivity contribution in [2.45, 2.75) is 39.3 Å². The molecule has 0 aliphatic carbocycles. The zero-order valence-corrected chi connectivity index (χ0v) is 13.8. The highest BCUT2D eigenvalue weighted by molar-refractivity contribution is 7.99. The van der Waals surface area contributed by atoms with E-state index in [-0.39, 0.29) is 17.4 Å². The van der Waals surface area contributed by atoms with Gasteiger partial charge in [0, 0.05) is 43.1 Å². The first-order valence-electron chi connectivity index (χ1n) is 7.06. The van der Waals surface area contributed by atoms with Crippen molar-refractivity contribution in [3.8, 4) is 0 Å². The smallest absolute Gasteiger partial charge is 0.221 e. The first-order chi connectivity index (χ1) is 8.81. The van der Waals surface area contributed by atoms with Crippen molar-refractivity contribution in [1.29, 1.82) is 0 Å². The van der Waals surface area contributed by atoms with Crippen LogP contribution in [0.2, 0.25) is 0 Å². The van der Waals surface area contributed by atoms with E-state index >= 15 is 0 Å². The molecule has 112 valence electrons. The number of amides is 1. The Morgan fingerprint density at radius 2 is 2.21 bits per heavy atom. The zero-order chi connectivity index (χ0) is 14.5. The molecule has 0 spiro atoms. The monoisotopic (exact) mass is 287 g/mol. The molecule has 1 amide bonds. The molecule has 0 bridgehead atoms. The minimum absolute atomic E-state index is 0.0773. The molecule has 1 aliphatic heterocycles. The Balaban J connectivity index is 2.37. The average molecular weight is 287 g/mol. The summed E-state index contributed by atoms with van der Waals surface area (Å²) < 4.78 is 0. The second kappa shape index (κ2) is 7.50. The lowest BCUT2D eigenvalue weighted by Crippen LogP contribution is -2.49. The van der Waals surface area contributed by atoms with Gasteiger partial charge in [0.2, 0.25) is 5.91 Å². The van der Waals surface area contributed by atoms with Crippen molar-refractivity contribution in [3.63, 3.8) is 0 Å². The Hall–Kier alpha value is -0.260. The lowest BCUT2D eigenvalue weighted by atomic mass is 9.85. The molecular weight excluding hydrogens is 258 g/mol. The maximum atomic E-state index is 12.1. The minimum Gasteiger partial charge on any atom is -0.353 e. The van der Waals surface area contributed by atoms with Gasteiger partial charge in [-0.25, -0.2) is 0 Å². The summed E-state index contributed by atoms with van der Waals surface area (Å²) in [5.74, 6) is 2.37. The SMILES string of the molecule is CC(NC(=O)CC1CSCCN1)C(C)(C)CN(C)C. The van der Waals surface area contributed by atoms with Gasteiger partial charge in [-0.3, -0.25) is 4.79 Å². The molecule has 2 unspecified atom stereocenters. The fourth-order valence-corrected chi connectivity index (χ4v) is 3.37. The van der Waals surface area contributed by atoms with Gasteiger partial charge >= 0.3 is 0 Å². The first-order valence-corrected chi connectivity index (χ1v) is 8.22. The normalized spacial score (nSPS) is 22.3. The topological polar surface area (TPSA) is 44.4 Å². The molecule has 0 radical (unpaired) electrons. The Morgan fingerprint density at radius 3 is 2.74 bits per heavy atom. The van der Waals surface area contributed by atoms with E-state index in [9.17, 15) is 4.79 Å². The van der Waals surface area contributed by atoms with Gasteiger partial charge in [-0.2, -0.15) is 11.8 Å². The third kappa shape index (κ3) is 6.15. The summed E-state index contributed by atoms with van der Waals surface area (Å²) in [6.07, 6.45) is 0.593. The van der Waals surface area contributed by atoms with Crippen LogP contribution in [0.15, 0.2) is 0 Å². The van der Waals surface area contributed by atoms with Gasteiger partial charge in [0.1, 0.15) is 0 Å². The average Bonchev–Trinajstić information content (AvgIpc) is 2.28. The van der Waals surface area contributed by atoms with Crippen molar-refractivity contribution in [2.75, 3.05) is 38.7 Å². The van der Waals surface area contributed by atoms with Crippen molar-refractivity contribution in [1.82, 2.24) is 15.5 Å². The quantitative estimate of drug-likeness (QED) is 0.770. The van der Waals surface area contributed by atoms with Crippen LogP contribution in [0.5, 0.6) is 0 Å². The van der Waals surface area contributed by atoms with Crippen molar-refractivity contribution < 1.29 is 4.79 Å². The lowest BCUT2D eigenvalue weighted by molar-refractivity contribution is -0.122. The van der Waals surface area contributed by atoms with Crippen LogP contribution >= 0.6 is 11.8 Å². The van der Waals surface area contributed by atoms with Crippen LogP contribution in [0.3, 0.4) is 0 Å². The van der Waals surface area contributed by atoms with Crippen LogP contribution in [-0.4, -0.2) is 61.6 Å². The summed E-state index contributed by atoms with van der Waals surface area (Å²) in [5.41, 5.74) is 0.0773. The van der Waals surface area contributed by atoms with Gasteiger partial charge in [-0.1, -0.05) is 13.8 Å². The molecule has 0 aromatic carbocycles. The molecular formula is C14H29N3OS. The maximum Gasteiger partial charge on any atom is 0.221 e. The summed E-state index contributed by atoms with van der Waals surface area (Å²) in [5, 5.41) is 6.56. The van der Waals surface area contributed by atoms with E-state index in [0.717, 1.165) is 24.6 Å². The molecule has 1 heterocycles. The number of nitrogens with one attached hydrogen (secondary N) is 2. The van der Waals surface area contributed by atoms with Crippen LogP contribution in [0.25, 0.3) is 0 Å². The van der Waals surface area contributed by atoms with Crippen molar-refractivity contribution >= 4 is 17.7 Å². The Morgan fingerprint density at radius 1 is 1.53 bits per heavy atom.